The number of rotatable bonds is 5. The lowest BCUT2D eigenvalue weighted by Crippen LogP contribution is -2.24. The minimum absolute atomic E-state index is 0.0882. The second-order valence-electron chi connectivity index (χ2n) is 5.33. The second-order valence-corrected chi connectivity index (χ2v) is 5.33. The Hall–Kier alpha value is -1.67. The lowest BCUT2D eigenvalue weighted by Gasteiger charge is -2.21. The molecular weight excluding hydrogens is 249 g/mol. The van der Waals surface area contributed by atoms with E-state index in [1.54, 1.807) is 6.07 Å². The summed E-state index contributed by atoms with van der Waals surface area (Å²) < 4.78 is 14.1. The van der Waals surface area contributed by atoms with Gasteiger partial charge in [0.1, 0.15) is 5.82 Å². The molecule has 0 saturated heterocycles. The number of benzene rings is 2. The Labute approximate surface area is 120 Å². The van der Waals surface area contributed by atoms with E-state index < -0.39 is 0 Å². The van der Waals surface area contributed by atoms with Crippen molar-refractivity contribution in [3.63, 3.8) is 0 Å². The SMILES string of the molecule is CCCNC(c1cc(C)cc(C)c1)c1ccccc1F. The zero-order valence-electron chi connectivity index (χ0n) is 12.4. The minimum atomic E-state index is -0.153. The van der Waals surface area contributed by atoms with Gasteiger partial charge in [0.05, 0.1) is 6.04 Å². The maximum atomic E-state index is 14.1. The highest BCUT2D eigenvalue weighted by Gasteiger charge is 2.17. The molecule has 0 aliphatic carbocycles. The molecule has 20 heavy (non-hydrogen) atoms. The predicted octanol–water partition coefficient (Wildman–Crippen LogP) is 4.53. The molecule has 1 atom stereocenters. The number of aryl methyl sites for hydroxylation is 2. The van der Waals surface area contributed by atoms with Crippen LogP contribution in [0.1, 0.15) is 41.6 Å². The molecule has 106 valence electrons. The van der Waals surface area contributed by atoms with Crippen LogP contribution in [0.2, 0.25) is 0 Å². The summed E-state index contributed by atoms with van der Waals surface area (Å²) in [4.78, 5) is 0. The van der Waals surface area contributed by atoms with Crippen LogP contribution >= 0.6 is 0 Å². The van der Waals surface area contributed by atoms with Crippen LogP contribution in [0.15, 0.2) is 42.5 Å². The van der Waals surface area contributed by atoms with Crippen LogP contribution in [0.25, 0.3) is 0 Å². The Balaban J connectivity index is 2.44. The van der Waals surface area contributed by atoms with Crippen molar-refractivity contribution in [3.05, 3.63) is 70.5 Å². The number of nitrogens with one attached hydrogen (secondary N) is 1. The highest BCUT2D eigenvalue weighted by molar-refractivity contribution is 5.37. The first-order chi connectivity index (χ1) is 9.61. The maximum Gasteiger partial charge on any atom is 0.128 e. The van der Waals surface area contributed by atoms with Crippen molar-refractivity contribution in [1.29, 1.82) is 0 Å². The lowest BCUT2D eigenvalue weighted by molar-refractivity contribution is 0.546. The van der Waals surface area contributed by atoms with Crippen molar-refractivity contribution >= 4 is 0 Å². The molecule has 0 aliphatic heterocycles. The van der Waals surface area contributed by atoms with Crippen LogP contribution in [0, 0.1) is 19.7 Å². The molecule has 2 aromatic carbocycles. The molecule has 2 aromatic rings. The maximum absolute atomic E-state index is 14.1. The highest BCUT2D eigenvalue weighted by Crippen LogP contribution is 2.26. The molecule has 2 heteroatoms. The molecule has 1 nitrogen and oxygen atoms in total. The van der Waals surface area contributed by atoms with Gasteiger partial charge >= 0.3 is 0 Å². The average molecular weight is 271 g/mol. The fraction of sp³-hybridized carbons (Fsp3) is 0.333. The zero-order chi connectivity index (χ0) is 14.5. The van der Waals surface area contributed by atoms with Gasteiger partial charge in [-0.25, -0.2) is 4.39 Å². The molecule has 0 amide bonds. The molecule has 0 bridgehead atoms. The lowest BCUT2D eigenvalue weighted by atomic mass is 9.95. The summed E-state index contributed by atoms with van der Waals surface area (Å²) in [5.41, 5.74) is 4.26. The Morgan fingerprint density at radius 2 is 1.70 bits per heavy atom. The van der Waals surface area contributed by atoms with Gasteiger partial charge in [-0.05, 0) is 38.4 Å². The fourth-order valence-corrected chi connectivity index (χ4v) is 2.58. The van der Waals surface area contributed by atoms with Crippen LogP contribution in [0.4, 0.5) is 4.39 Å². The number of halogens is 1. The summed E-state index contributed by atoms with van der Waals surface area (Å²) in [6, 6.07) is 13.3. The molecule has 0 radical (unpaired) electrons. The van der Waals surface area contributed by atoms with E-state index in [0.717, 1.165) is 18.5 Å². The van der Waals surface area contributed by atoms with E-state index in [1.807, 2.05) is 12.1 Å². The minimum Gasteiger partial charge on any atom is -0.306 e. The summed E-state index contributed by atoms with van der Waals surface area (Å²) in [6.45, 7) is 7.14. The summed E-state index contributed by atoms with van der Waals surface area (Å²) in [5.74, 6) is -0.153. The van der Waals surface area contributed by atoms with Crippen LogP contribution < -0.4 is 5.32 Å². The summed E-state index contributed by atoms with van der Waals surface area (Å²) >= 11 is 0. The molecule has 0 saturated carbocycles. The van der Waals surface area contributed by atoms with Gasteiger partial charge in [-0.1, -0.05) is 54.4 Å². The molecule has 0 aliphatic rings. The molecular formula is C18H22FN. The number of hydrogen-bond donors (Lipinski definition) is 1. The molecule has 1 unspecified atom stereocenters. The van der Waals surface area contributed by atoms with Crippen molar-refractivity contribution in [2.75, 3.05) is 6.54 Å². The van der Waals surface area contributed by atoms with Gasteiger partial charge in [0.2, 0.25) is 0 Å². The topological polar surface area (TPSA) is 12.0 Å². The van der Waals surface area contributed by atoms with Crippen molar-refractivity contribution in [2.45, 2.75) is 33.2 Å². The molecule has 0 spiro atoms. The van der Waals surface area contributed by atoms with Crippen molar-refractivity contribution in [2.24, 2.45) is 0 Å². The largest absolute Gasteiger partial charge is 0.306 e. The molecule has 0 aromatic heterocycles. The number of hydrogen-bond acceptors (Lipinski definition) is 1. The van der Waals surface area contributed by atoms with E-state index in [-0.39, 0.29) is 11.9 Å². The van der Waals surface area contributed by atoms with E-state index in [2.05, 4.69) is 44.3 Å². The van der Waals surface area contributed by atoms with Crippen molar-refractivity contribution < 1.29 is 4.39 Å². The first kappa shape index (κ1) is 14.7. The Morgan fingerprint density at radius 1 is 1.05 bits per heavy atom. The van der Waals surface area contributed by atoms with Crippen molar-refractivity contribution in [1.82, 2.24) is 5.32 Å². The van der Waals surface area contributed by atoms with Gasteiger partial charge in [0, 0.05) is 5.56 Å². The third-order valence-electron chi connectivity index (χ3n) is 3.39. The van der Waals surface area contributed by atoms with Gasteiger partial charge in [0.15, 0.2) is 0 Å². The Morgan fingerprint density at radius 3 is 2.30 bits per heavy atom. The Kier molecular flexibility index (Phi) is 4.91. The van der Waals surface area contributed by atoms with Gasteiger partial charge in [-0.15, -0.1) is 0 Å². The third-order valence-corrected chi connectivity index (χ3v) is 3.39. The Bertz CT molecular complexity index is 557. The first-order valence-corrected chi connectivity index (χ1v) is 7.18. The van der Waals surface area contributed by atoms with Crippen LogP contribution in [-0.4, -0.2) is 6.54 Å². The quantitative estimate of drug-likeness (QED) is 0.842. The normalized spacial score (nSPS) is 12.4. The van der Waals surface area contributed by atoms with E-state index in [1.165, 1.54) is 17.2 Å². The van der Waals surface area contributed by atoms with Crippen LogP contribution in [0.5, 0.6) is 0 Å². The first-order valence-electron chi connectivity index (χ1n) is 7.18. The van der Waals surface area contributed by atoms with E-state index >= 15 is 0 Å². The summed E-state index contributed by atoms with van der Waals surface area (Å²) in [7, 11) is 0. The average Bonchev–Trinajstić information content (AvgIpc) is 2.40. The molecule has 1 N–H and O–H groups in total. The smallest absolute Gasteiger partial charge is 0.128 e. The molecule has 0 fully saturated rings. The summed E-state index contributed by atoms with van der Waals surface area (Å²) in [6.07, 6.45) is 1.02. The van der Waals surface area contributed by atoms with Gasteiger partial charge in [-0.3, -0.25) is 0 Å². The van der Waals surface area contributed by atoms with E-state index in [0.29, 0.717) is 5.56 Å². The van der Waals surface area contributed by atoms with Gasteiger partial charge < -0.3 is 5.32 Å². The third kappa shape index (κ3) is 3.45. The molecule has 2 rings (SSSR count). The van der Waals surface area contributed by atoms with Gasteiger partial charge in [-0.2, -0.15) is 0 Å². The standard InChI is InChI=1S/C18H22FN/c1-4-9-20-18(16-7-5-6-8-17(16)19)15-11-13(2)10-14(3)12-15/h5-8,10-12,18,20H,4,9H2,1-3H3. The van der Waals surface area contributed by atoms with Crippen LogP contribution in [-0.2, 0) is 0 Å². The summed E-state index contributed by atoms with van der Waals surface area (Å²) in [5, 5.41) is 3.46. The van der Waals surface area contributed by atoms with Gasteiger partial charge in [0.25, 0.3) is 0 Å². The van der Waals surface area contributed by atoms with Crippen molar-refractivity contribution in [3.8, 4) is 0 Å². The predicted molar refractivity (Wildman–Crippen MR) is 82.5 cm³/mol. The molecule has 0 heterocycles. The monoisotopic (exact) mass is 271 g/mol. The highest BCUT2D eigenvalue weighted by atomic mass is 19.1. The second kappa shape index (κ2) is 6.67. The zero-order valence-corrected chi connectivity index (χ0v) is 12.4. The van der Waals surface area contributed by atoms with Crippen LogP contribution in [0.3, 0.4) is 0 Å². The van der Waals surface area contributed by atoms with E-state index in [9.17, 15) is 4.39 Å². The fourth-order valence-electron chi connectivity index (χ4n) is 2.58. The van der Waals surface area contributed by atoms with E-state index in [4.69, 9.17) is 0 Å².